The number of methoxy groups -OCH3 is 1. The lowest BCUT2D eigenvalue weighted by Crippen LogP contribution is -2.55. The molecule has 196 valence electrons. The number of rotatable bonds is 6. The number of aliphatic hydroxyl groups is 1. The smallest absolute Gasteiger partial charge is 0.465 e. The van der Waals surface area contributed by atoms with Crippen molar-refractivity contribution >= 4 is 35.0 Å². The number of morpholine rings is 1. The Kier molecular flexibility index (Phi) is 7.05. The van der Waals surface area contributed by atoms with Gasteiger partial charge in [0.2, 0.25) is 0 Å². The number of esters is 1. The number of nitrogens with one attached hydrogen (secondary N) is 3. The average molecular weight is 522 g/mol. The van der Waals surface area contributed by atoms with Crippen molar-refractivity contribution in [2.24, 2.45) is 0 Å². The Morgan fingerprint density at radius 3 is 2.73 bits per heavy atom. The molecular weight excluding hydrogens is 501 g/mol. The summed E-state index contributed by atoms with van der Waals surface area (Å²) in [6.45, 7) is 0.140. The molecular formula is C23H21F3N4O7. The van der Waals surface area contributed by atoms with Crippen molar-refractivity contribution in [1.82, 2.24) is 5.32 Å². The van der Waals surface area contributed by atoms with Crippen LogP contribution in [-0.4, -0.2) is 67.6 Å². The van der Waals surface area contributed by atoms with Crippen LogP contribution >= 0.6 is 0 Å². The zero-order chi connectivity index (χ0) is 26.9. The monoisotopic (exact) mass is 522 g/mol. The van der Waals surface area contributed by atoms with Gasteiger partial charge >= 0.3 is 12.3 Å². The average Bonchev–Trinajstić information content (AvgIpc) is 3.22. The summed E-state index contributed by atoms with van der Waals surface area (Å²) in [5.74, 6) is -3.32. The summed E-state index contributed by atoms with van der Waals surface area (Å²) in [7, 11) is 1.01. The van der Waals surface area contributed by atoms with Crippen LogP contribution in [0.3, 0.4) is 0 Å². The van der Waals surface area contributed by atoms with E-state index in [0.717, 1.165) is 35.8 Å². The highest BCUT2D eigenvalue weighted by Crippen LogP contribution is 2.31. The van der Waals surface area contributed by atoms with Crippen molar-refractivity contribution in [2.45, 2.75) is 25.1 Å². The maximum absolute atomic E-state index is 13.2. The molecule has 0 spiro atoms. The molecule has 2 aliphatic rings. The standard InChI is InChI=1S/C23H21F3N4O7/c1-35-22(34)15-9-13(37-23(24,25)26)3-5-16(15)30-6-7-36-18(21(30)33)17(31)20(32)29-12-2-4-14-11(8-12)10-28-19(14)27/h2-5,8-9,17-18,31H,6-7,10H2,1H3,(H2,27,28)(H,29,32)/t17-,18-/m1/s1. The summed E-state index contributed by atoms with van der Waals surface area (Å²) in [5.41, 5.74) is 1.26. The molecule has 0 bridgehead atoms. The maximum atomic E-state index is 13.2. The van der Waals surface area contributed by atoms with E-state index in [-0.39, 0.29) is 24.7 Å². The Labute approximate surface area is 207 Å². The highest BCUT2D eigenvalue weighted by atomic mass is 19.4. The molecule has 2 atom stereocenters. The number of aliphatic hydroxyl groups excluding tert-OH is 1. The van der Waals surface area contributed by atoms with Gasteiger partial charge in [0.15, 0.2) is 12.2 Å². The van der Waals surface area contributed by atoms with Gasteiger partial charge in [-0.2, -0.15) is 0 Å². The third kappa shape index (κ3) is 5.49. The van der Waals surface area contributed by atoms with Gasteiger partial charge in [0.05, 0.1) is 25.0 Å². The van der Waals surface area contributed by atoms with Crippen molar-refractivity contribution in [3.05, 3.63) is 53.1 Å². The zero-order valence-corrected chi connectivity index (χ0v) is 19.2. The molecule has 2 aromatic carbocycles. The largest absolute Gasteiger partial charge is 0.573 e. The Morgan fingerprint density at radius 2 is 2.03 bits per heavy atom. The summed E-state index contributed by atoms with van der Waals surface area (Å²) in [5, 5.41) is 23.7. The topological polar surface area (TPSA) is 150 Å². The van der Waals surface area contributed by atoms with Crippen molar-refractivity contribution in [3.63, 3.8) is 0 Å². The number of hydrogen-bond donors (Lipinski definition) is 4. The second-order valence-electron chi connectivity index (χ2n) is 8.03. The molecule has 0 aromatic heterocycles. The first-order valence-electron chi connectivity index (χ1n) is 10.8. The third-order valence-corrected chi connectivity index (χ3v) is 5.67. The highest BCUT2D eigenvalue weighted by molar-refractivity contribution is 6.07. The summed E-state index contributed by atoms with van der Waals surface area (Å²) in [6, 6.07) is 7.54. The van der Waals surface area contributed by atoms with Gasteiger partial charge in [-0.15, -0.1) is 13.2 Å². The number of anilines is 2. The first-order valence-corrected chi connectivity index (χ1v) is 10.8. The summed E-state index contributed by atoms with van der Waals surface area (Å²) >= 11 is 0. The van der Waals surface area contributed by atoms with Crippen LogP contribution in [0.15, 0.2) is 36.4 Å². The maximum Gasteiger partial charge on any atom is 0.573 e. The Hall–Kier alpha value is -4.17. The van der Waals surface area contributed by atoms with E-state index in [2.05, 4.69) is 20.1 Å². The van der Waals surface area contributed by atoms with E-state index < -0.39 is 47.7 Å². The van der Waals surface area contributed by atoms with E-state index in [1.807, 2.05) is 0 Å². The Morgan fingerprint density at radius 1 is 1.27 bits per heavy atom. The lowest BCUT2D eigenvalue weighted by Gasteiger charge is -2.34. The molecule has 1 fully saturated rings. The van der Waals surface area contributed by atoms with Crippen LogP contribution in [0.4, 0.5) is 24.5 Å². The quantitative estimate of drug-likeness (QED) is 0.417. The number of benzene rings is 2. The van der Waals surface area contributed by atoms with E-state index in [9.17, 15) is 32.7 Å². The van der Waals surface area contributed by atoms with E-state index in [1.165, 1.54) is 6.07 Å². The molecule has 4 N–H and O–H groups in total. The fraction of sp³-hybridized carbons (Fsp3) is 0.304. The number of amides is 2. The molecule has 1 saturated heterocycles. The zero-order valence-electron chi connectivity index (χ0n) is 19.2. The number of alkyl halides is 3. The molecule has 2 heterocycles. The van der Waals surface area contributed by atoms with Gasteiger partial charge < -0.3 is 34.9 Å². The summed E-state index contributed by atoms with van der Waals surface area (Å²) in [4.78, 5) is 39.1. The first kappa shape index (κ1) is 25.9. The third-order valence-electron chi connectivity index (χ3n) is 5.67. The molecule has 14 heteroatoms. The van der Waals surface area contributed by atoms with Gasteiger partial charge in [0.1, 0.15) is 11.6 Å². The molecule has 0 aliphatic carbocycles. The van der Waals surface area contributed by atoms with Gasteiger partial charge in [-0.3, -0.25) is 15.0 Å². The highest BCUT2D eigenvalue weighted by Gasteiger charge is 2.41. The molecule has 37 heavy (non-hydrogen) atoms. The molecule has 0 saturated carbocycles. The van der Waals surface area contributed by atoms with Gasteiger partial charge in [-0.25, -0.2) is 4.79 Å². The summed E-state index contributed by atoms with van der Waals surface area (Å²) in [6.07, 6.45) is -8.62. The number of ether oxygens (including phenoxy) is 3. The van der Waals surface area contributed by atoms with E-state index in [4.69, 9.17) is 10.1 Å². The number of fused-ring (bicyclic) bond motifs is 1. The van der Waals surface area contributed by atoms with E-state index >= 15 is 0 Å². The number of carbonyl (C=O) groups is 3. The van der Waals surface area contributed by atoms with Crippen molar-refractivity contribution in [1.29, 1.82) is 5.41 Å². The van der Waals surface area contributed by atoms with Crippen LogP contribution in [0.5, 0.6) is 5.75 Å². The van der Waals surface area contributed by atoms with Gasteiger partial charge in [0, 0.05) is 24.3 Å². The van der Waals surface area contributed by atoms with Gasteiger partial charge in [0.25, 0.3) is 11.8 Å². The number of carbonyl (C=O) groups excluding carboxylic acids is 3. The van der Waals surface area contributed by atoms with Gasteiger partial charge in [-0.1, -0.05) is 0 Å². The number of nitrogens with zero attached hydrogens (tertiary/aromatic N) is 1. The lowest BCUT2D eigenvalue weighted by atomic mass is 10.1. The molecule has 4 rings (SSSR count). The summed E-state index contributed by atoms with van der Waals surface area (Å²) < 4.78 is 51.7. The number of halogens is 3. The molecule has 2 amide bonds. The number of amidine groups is 1. The lowest BCUT2D eigenvalue weighted by molar-refractivity contribution is -0.274. The predicted molar refractivity (Wildman–Crippen MR) is 121 cm³/mol. The Bertz CT molecular complexity index is 1270. The minimum Gasteiger partial charge on any atom is -0.465 e. The molecule has 0 radical (unpaired) electrons. The van der Waals surface area contributed by atoms with E-state index in [0.29, 0.717) is 17.8 Å². The van der Waals surface area contributed by atoms with E-state index in [1.54, 1.807) is 12.1 Å². The van der Waals surface area contributed by atoms with Crippen LogP contribution in [0.25, 0.3) is 0 Å². The van der Waals surface area contributed by atoms with Crippen molar-refractivity contribution < 1.29 is 46.9 Å². The first-order chi connectivity index (χ1) is 17.5. The second kappa shape index (κ2) is 10.1. The van der Waals surface area contributed by atoms with Gasteiger partial charge in [-0.05, 0) is 42.0 Å². The van der Waals surface area contributed by atoms with Crippen molar-refractivity contribution in [2.75, 3.05) is 30.5 Å². The second-order valence-corrected chi connectivity index (χ2v) is 8.03. The van der Waals surface area contributed by atoms with Crippen LogP contribution in [0.2, 0.25) is 0 Å². The van der Waals surface area contributed by atoms with Crippen LogP contribution in [0.1, 0.15) is 21.5 Å². The molecule has 2 aliphatic heterocycles. The molecule has 0 unspecified atom stereocenters. The predicted octanol–water partition coefficient (Wildman–Crippen LogP) is 1.53. The number of hydrogen-bond acceptors (Lipinski definition) is 8. The Balaban J connectivity index is 1.53. The normalized spacial score (nSPS) is 18.1. The fourth-order valence-corrected chi connectivity index (χ4v) is 3.99. The SMILES string of the molecule is COC(=O)c1cc(OC(F)(F)F)ccc1N1CCO[C@H]([C@@H](O)C(=O)Nc2ccc3c(c2)CNC3=N)C1=O. The molecule has 2 aromatic rings. The fourth-order valence-electron chi connectivity index (χ4n) is 3.99. The molecule has 11 nitrogen and oxygen atoms in total. The minimum absolute atomic E-state index is 0.110. The van der Waals surface area contributed by atoms with Crippen molar-refractivity contribution in [3.8, 4) is 5.75 Å². The van der Waals surface area contributed by atoms with Crippen LogP contribution < -0.4 is 20.3 Å². The minimum atomic E-state index is -5.01. The van der Waals surface area contributed by atoms with Crippen LogP contribution in [-0.2, 0) is 25.6 Å². The van der Waals surface area contributed by atoms with Crippen LogP contribution in [0, 0.1) is 5.41 Å².